The van der Waals surface area contributed by atoms with Crippen molar-refractivity contribution in [3.8, 4) is 0 Å². The molecule has 0 radical (unpaired) electrons. The second-order valence-corrected chi connectivity index (χ2v) is 14.4. The molecule has 242 valence electrons. The van der Waals surface area contributed by atoms with Crippen molar-refractivity contribution in [1.29, 1.82) is 0 Å². The highest BCUT2D eigenvalue weighted by molar-refractivity contribution is 6.61. The third-order valence-electron chi connectivity index (χ3n) is 5.18. The Morgan fingerprint density at radius 3 is 1.10 bits per heavy atom. The number of hydrogen-bond acceptors (Lipinski definition) is 13. The van der Waals surface area contributed by atoms with Gasteiger partial charge in [-0.25, -0.2) is 9.59 Å². The van der Waals surface area contributed by atoms with E-state index in [1.165, 1.54) is 0 Å². The summed E-state index contributed by atoms with van der Waals surface area (Å²) in [4.78, 5) is 22.5. The van der Waals surface area contributed by atoms with Crippen LogP contribution in [0.15, 0.2) is 24.3 Å². The Bertz CT molecular complexity index is 683. The molecule has 0 atom stereocenters. The summed E-state index contributed by atoms with van der Waals surface area (Å²) in [7, 11) is 3.97. The van der Waals surface area contributed by atoms with E-state index in [2.05, 4.69) is 13.2 Å². The summed E-state index contributed by atoms with van der Waals surface area (Å²) >= 11 is 0. The fraction of sp³-hybridized carbons (Fsp3) is 0.769. The Kier molecular flexibility index (Phi) is 26.5. The summed E-state index contributed by atoms with van der Waals surface area (Å²) in [5.41, 5.74) is 0.765. The zero-order valence-corrected chi connectivity index (χ0v) is 28.2. The minimum Gasteiger partial charge on any atom is -0.462 e. The Hall–Kier alpha value is -1.51. The van der Waals surface area contributed by atoms with Crippen LogP contribution in [0.25, 0.3) is 0 Å². The van der Waals surface area contributed by atoms with Gasteiger partial charge in [0.1, 0.15) is 0 Å². The van der Waals surface area contributed by atoms with Gasteiger partial charge >= 0.3 is 29.5 Å². The molecule has 0 saturated carbocycles. The SMILES string of the molecule is C=C(C)C(=O)OCCC[Si](OC)(OC)OC.C=C(C)C(=O)OCCC[Si](OCCOC)(OCCOC)OCCOC. The van der Waals surface area contributed by atoms with Gasteiger partial charge in [-0.15, -0.1) is 0 Å². The van der Waals surface area contributed by atoms with Crippen LogP contribution >= 0.6 is 0 Å². The molecule has 0 spiro atoms. The summed E-state index contributed by atoms with van der Waals surface area (Å²) in [6.45, 7) is 13.2. The third-order valence-corrected chi connectivity index (χ3v) is 10.9. The van der Waals surface area contributed by atoms with E-state index in [0.29, 0.717) is 82.3 Å². The standard InChI is InChI=1S/C16H32O8Si.C10H20O5Si/c1-15(2)16(17)21-7-6-14-25(22-11-8-18-3,23-12-9-19-4)24-13-10-20-5;1-9(2)10(11)15-7-6-8-16(12-3,13-4)14-5/h1,6-14H2,2-5H3;1,6-8H2,2-5H3. The van der Waals surface area contributed by atoms with Crippen molar-refractivity contribution in [2.75, 3.05) is 95.5 Å². The molecule has 0 amide bonds. The number of methoxy groups -OCH3 is 3. The number of carbonyl (C=O) groups is 2. The Morgan fingerprint density at radius 1 is 0.512 bits per heavy atom. The van der Waals surface area contributed by atoms with Crippen molar-refractivity contribution < 1.29 is 59.8 Å². The van der Waals surface area contributed by atoms with Gasteiger partial charge in [0.2, 0.25) is 0 Å². The van der Waals surface area contributed by atoms with Gasteiger partial charge in [0.05, 0.1) is 52.9 Å². The van der Waals surface area contributed by atoms with E-state index in [-0.39, 0.29) is 12.6 Å². The molecular weight excluding hydrogens is 576 g/mol. The van der Waals surface area contributed by atoms with Gasteiger partial charge in [0.25, 0.3) is 0 Å². The lowest BCUT2D eigenvalue weighted by Gasteiger charge is -2.29. The van der Waals surface area contributed by atoms with Crippen LogP contribution in [-0.4, -0.2) is 125 Å². The van der Waals surface area contributed by atoms with Crippen molar-refractivity contribution in [1.82, 2.24) is 0 Å². The number of hydrogen-bond donors (Lipinski definition) is 0. The van der Waals surface area contributed by atoms with Crippen molar-refractivity contribution in [3.63, 3.8) is 0 Å². The number of rotatable bonds is 25. The average molecular weight is 629 g/mol. The van der Waals surface area contributed by atoms with Gasteiger partial charge in [-0.3, -0.25) is 0 Å². The minimum absolute atomic E-state index is 0.245. The molecule has 0 heterocycles. The van der Waals surface area contributed by atoms with Crippen molar-refractivity contribution in [2.24, 2.45) is 0 Å². The van der Waals surface area contributed by atoms with Crippen LogP contribution in [0.1, 0.15) is 26.7 Å². The Balaban J connectivity index is 0. The van der Waals surface area contributed by atoms with Crippen LogP contribution in [0.2, 0.25) is 12.1 Å². The lowest BCUT2D eigenvalue weighted by atomic mass is 10.4. The largest absolute Gasteiger partial charge is 0.501 e. The Labute approximate surface area is 248 Å². The molecule has 0 aromatic carbocycles. The van der Waals surface area contributed by atoms with Crippen LogP contribution in [0, 0.1) is 0 Å². The maximum absolute atomic E-state index is 11.4. The van der Waals surface area contributed by atoms with Crippen LogP contribution in [0.5, 0.6) is 0 Å². The molecule has 0 fully saturated rings. The lowest BCUT2D eigenvalue weighted by Crippen LogP contribution is -2.48. The van der Waals surface area contributed by atoms with E-state index >= 15 is 0 Å². The normalized spacial score (nSPS) is 11.4. The maximum Gasteiger partial charge on any atom is 0.501 e. The molecule has 15 heteroatoms. The summed E-state index contributed by atoms with van der Waals surface area (Å²) in [6.07, 6.45) is 1.19. The second-order valence-electron chi connectivity index (χ2n) is 8.54. The topological polar surface area (TPSA) is 136 Å². The molecule has 13 nitrogen and oxygen atoms in total. The van der Waals surface area contributed by atoms with Gasteiger partial charge in [0.15, 0.2) is 0 Å². The second kappa shape index (κ2) is 26.1. The zero-order valence-electron chi connectivity index (χ0n) is 26.2. The highest BCUT2D eigenvalue weighted by Gasteiger charge is 2.41. The smallest absolute Gasteiger partial charge is 0.462 e. The third kappa shape index (κ3) is 20.9. The molecule has 0 saturated heterocycles. The van der Waals surface area contributed by atoms with Gasteiger partial charge in [-0.05, 0) is 26.7 Å². The van der Waals surface area contributed by atoms with Crippen LogP contribution in [-0.2, 0) is 59.8 Å². The van der Waals surface area contributed by atoms with E-state index in [9.17, 15) is 9.59 Å². The van der Waals surface area contributed by atoms with E-state index in [0.717, 1.165) is 0 Å². The summed E-state index contributed by atoms with van der Waals surface area (Å²) < 4.78 is 58.6. The lowest BCUT2D eigenvalue weighted by molar-refractivity contribution is -0.139. The summed E-state index contributed by atoms with van der Waals surface area (Å²) in [5.74, 6) is -0.785. The molecule has 0 aliphatic heterocycles. The molecule has 0 aromatic rings. The highest BCUT2D eigenvalue weighted by atomic mass is 28.4. The van der Waals surface area contributed by atoms with Crippen LogP contribution < -0.4 is 0 Å². The van der Waals surface area contributed by atoms with E-state index in [1.54, 1.807) is 56.5 Å². The molecule has 0 N–H and O–H groups in total. The zero-order chi connectivity index (χ0) is 31.6. The monoisotopic (exact) mass is 628 g/mol. The molecule has 41 heavy (non-hydrogen) atoms. The van der Waals surface area contributed by atoms with Gasteiger partial charge in [-0.2, -0.15) is 0 Å². The fourth-order valence-electron chi connectivity index (χ4n) is 2.89. The molecule has 0 unspecified atom stereocenters. The molecule has 0 aromatic heterocycles. The summed E-state index contributed by atoms with van der Waals surface area (Å²) in [6, 6.07) is 1.12. The predicted octanol–water partition coefficient (Wildman–Crippen LogP) is 2.80. The molecule has 0 aliphatic rings. The fourth-order valence-corrected chi connectivity index (χ4v) is 7.03. The molecule has 0 bridgehead atoms. The number of ether oxygens (including phenoxy) is 5. The van der Waals surface area contributed by atoms with E-state index in [4.69, 9.17) is 50.2 Å². The molecular formula is C26H52O13Si2. The highest BCUT2D eigenvalue weighted by Crippen LogP contribution is 2.19. The summed E-state index contributed by atoms with van der Waals surface area (Å²) in [5, 5.41) is 0. The van der Waals surface area contributed by atoms with Gasteiger partial charge < -0.3 is 50.2 Å². The predicted molar refractivity (Wildman–Crippen MR) is 156 cm³/mol. The van der Waals surface area contributed by atoms with E-state index < -0.39 is 23.6 Å². The quantitative estimate of drug-likeness (QED) is 0.0635. The van der Waals surface area contributed by atoms with Crippen molar-refractivity contribution in [2.45, 2.75) is 38.8 Å². The van der Waals surface area contributed by atoms with Gasteiger partial charge in [-0.1, -0.05) is 13.2 Å². The molecule has 0 aliphatic carbocycles. The van der Waals surface area contributed by atoms with Crippen LogP contribution in [0.3, 0.4) is 0 Å². The average Bonchev–Trinajstić information content (AvgIpc) is 2.96. The first-order valence-electron chi connectivity index (χ1n) is 13.2. The van der Waals surface area contributed by atoms with E-state index in [1.807, 2.05) is 0 Å². The Morgan fingerprint density at radius 2 is 0.829 bits per heavy atom. The first-order valence-corrected chi connectivity index (χ1v) is 17.1. The first kappa shape index (κ1) is 41.6. The van der Waals surface area contributed by atoms with Crippen LogP contribution in [0.4, 0.5) is 0 Å². The maximum atomic E-state index is 11.4. The molecule has 0 rings (SSSR count). The minimum atomic E-state index is -2.96. The number of carbonyl (C=O) groups excluding carboxylic acids is 2. The first-order chi connectivity index (χ1) is 19.5. The van der Waals surface area contributed by atoms with Crippen molar-refractivity contribution >= 4 is 29.5 Å². The van der Waals surface area contributed by atoms with Crippen molar-refractivity contribution in [3.05, 3.63) is 24.3 Å². The van der Waals surface area contributed by atoms with Gasteiger partial charge in [0, 0.05) is 65.9 Å². The number of esters is 2.